The Morgan fingerprint density at radius 1 is 0.931 bits per heavy atom. The van der Waals surface area contributed by atoms with Gasteiger partial charge in [-0.15, -0.1) is 0 Å². The number of hydrogen-bond acceptors (Lipinski definition) is 5. The molecule has 1 saturated heterocycles. The number of carbonyl (C=O) groups excluding carboxylic acids is 2. The van der Waals surface area contributed by atoms with Gasteiger partial charge in [-0.2, -0.15) is 0 Å². The van der Waals surface area contributed by atoms with E-state index in [4.69, 9.17) is 9.47 Å². The number of methoxy groups -OCH3 is 2. The van der Waals surface area contributed by atoms with E-state index in [0.29, 0.717) is 30.2 Å². The van der Waals surface area contributed by atoms with Crippen molar-refractivity contribution in [2.24, 2.45) is 0 Å². The molecule has 0 aromatic heterocycles. The monoisotopic (exact) mass is 397 g/mol. The summed E-state index contributed by atoms with van der Waals surface area (Å²) in [6.45, 7) is 4.51. The predicted octanol–water partition coefficient (Wildman–Crippen LogP) is 2.17. The first-order valence-corrected chi connectivity index (χ1v) is 9.65. The third-order valence-corrected chi connectivity index (χ3v) is 5.08. The van der Waals surface area contributed by atoms with Crippen LogP contribution in [0.25, 0.3) is 0 Å². The quantitative estimate of drug-likeness (QED) is 0.809. The van der Waals surface area contributed by atoms with Gasteiger partial charge in [-0.25, -0.2) is 0 Å². The van der Waals surface area contributed by atoms with Gasteiger partial charge in [-0.1, -0.05) is 18.2 Å². The molecular formula is C22H27N3O4. The van der Waals surface area contributed by atoms with Crippen molar-refractivity contribution in [1.29, 1.82) is 0 Å². The van der Waals surface area contributed by atoms with Gasteiger partial charge in [0.2, 0.25) is 5.91 Å². The number of nitrogens with zero attached hydrogens (tertiary/aromatic N) is 2. The molecule has 0 bridgehead atoms. The Balaban J connectivity index is 1.56. The van der Waals surface area contributed by atoms with Crippen LogP contribution in [-0.2, 0) is 4.79 Å². The number of anilines is 1. The Labute approximate surface area is 171 Å². The second-order valence-electron chi connectivity index (χ2n) is 6.91. The topological polar surface area (TPSA) is 71.1 Å². The molecule has 3 rings (SSSR count). The van der Waals surface area contributed by atoms with Crippen molar-refractivity contribution in [2.75, 3.05) is 45.3 Å². The molecule has 1 aliphatic rings. The molecule has 7 nitrogen and oxygen atoms in total. The lowest BCUT2D eigenvalue weighted by Gasteiger charge is -2.37. The molecule has 0 spiro atoms. The van der Waals surface area contributed by atoms with Crippen LogP contribution in [0.5, 0.6) is 11.5 Å². The highest BCUT2D eigenvalue weighted by Gasteiger charge is 2.26. The molecule has 154 valence electrons. The van der Waals surface area contributed by atoms with Crippen molar-refractivity contribution in [3.63, 3.8) is 0 Å². The first kappa shape index (κ1) is 20.5. The maximum absolute atomic E-state index is 12.8. The smallest absolute Gasteiger partial charge is 0.252 e. The van der Waals surface area contributed by atoms with Crippen molar-refractivity contribution in [3.8, 4) is 11.5 Å². The normalized spacial score (nSPS) is 14.9. The summed E-state index contributed by atoms with van der Waals surface area (Å²) >= 11 is 0. The molecule has 0 unspecified atom stereocenters. The number of hydrogen-bond donors (Lipinski definition) is 1. The molecule has 2 aromatic carbocycles. The van der Waals surface area contributed by atoms with Crippen LogP contribution in [0.3, 0.4) is 0 Å². The average molecular weight is 397 g/mol. The summed E-state index contributed by atoms with van der Waals surface area (Å²) in [5.74, 6) is 0.613. The summed E-state index contributed by atoms with van der Waals surface area (Å²) in [5, 5.41) is 2.78. The Kier molecular flexibility index (Phi) is 6.59. The zero-order valence-corrected chi connectivity index (χ0v) is 17.1. The van der Waals surface area contributed by atoms with Crippen molar-refractivity contribution in [2.45, 2.75) is 13.0 Å². The fraction of sp³-hybridized carbons (Fsp3) is 0.364. The summed E-state index contributed by atoms with van der Waals surface area (Å²) in [5.41, 5.74) is 1.57. The highest BCUT2D eigenvalue weighted by Crippen LogP contribution is 2.27. The van der Waals surface area contributed by atoms with Gasteiger partial charge in [0.05, 0.1) is 14.2 Å². The van der Waals surface area contributed by atoms with Crippen LogP contribution >= 0.6 is 0 Å². The van der Waals surface area contributed by atoms with Crippen LogP contribution in [0.4, 0.5) is 5.69 Å². The lowest BCUT2D eigenvalue weighted by molar-refractivity contribution is -0.133. The fourth-order valence-electron chi connectivity index (χ4n) is 3.42. The van der Waals surface area contributed by atoms with E-state index in [-0.39, 0.29) is 11.8 Å². The van der Waals surface area contributed by atoms with Gasteiger partial charge < -0.3 is 24.6 Å². The molecule has 2 amide bonds. The van der Waals surface area contributed by atoms with Gasteiger partial charge in [0.15, 0.2) is 11.5 Å². The van der Waals surface area contributed by atoms with Gasteiger partial charge in [0, 0.05) is 37.4 Å². The van der Waals surface area contributed by atoms with Crippen LogP contribution in [0.15, 0.2) is 48.5 Å². The lowest BCUT2D eigenvalue weighted by Crippen LogP contribution is -2.54. The lowest BCUT2D eigenvalue weighted by atomic mass is 10.1. The molecule has 0 radical (unpaired) electrons. The van der Waals surface area contributed by atoms with E-state index in [1.165, 1.54) is 14.2 Å². The van der Waals surface area contributed by atoms with Crippen LogP contribution in [-0.4, -0.2) is 63.2 Å². The Hall–Kier alpha value is -3.22. The highest BCUT2D eigenvalue weighted by molar-refractivity contribution is 5.98. The number of carbonyl (C=O) groups is 2. The zero-order chi connectivity index (χ0) is 20.8. The van der Waals surface area contributed by atoms with E-state index >= 15 is 0 Å². The Morgan fingerprint density at radius 2 is 1.59 bits per heavy atom. The van der Waals surface area contributed by atoms with Crippen LogP contribution < -0.4 is 19.7 Å². The summed E-state index contributed by atoms with van der Waals surface area (Å²) in [7, 11) is 3.05. The maximum Gasteiger partial charge on any atom is 0.252 e. The van der Waals surface area contributed by atoms with E-state index in [2.05, 4.69) is 22.3 Å². The number of para-hydroxylation sites is 1. The summed E-state index contributed by atoms with van der Waals surface area (Å²) in [6.07, 6.45) is 0. The minimum Gasteiger partial charge on any atom is -0.493 e. The number of benzene rings is 2. The molecule has 0 aliphatic carbocycles. The van der Waals surface area contributed by atoms with Gasteiger partial charge in [0.1, 0.15) is 6.04 Å². The Bertz CT molecular complexity index is 848. The van der Waals surface area contributed by atoms with Gasteiger partial charge >= 0.3 is 0 Å². The van der Waals surface area contributed by atoms with E-state index in [0.717, 1.165) is 18.8 Å². The third kappa shape index (κ3) is 4.80. The molecule has 2 aromatic rings. The number of amides is 2. The zero-order valence-electron chi connectivity index (χ0n) is 17.1. The molecule has 1 fully saturated rings. The van der Waals surface area contributed by atoms with Crippen LogP contribution in [0.1, 0.15) is 17.3 Å². The second kappa shape index (κ2) is 9.32. The number of nitrogens with one attached hydrogen (secondary N) is 1. The van der Waals surface area contributed by atoms with E-state index in [9.17, 15) is 9.59 Å². The molecule has 7 heteroatoms. The van der Waals surface area contributed by atoms with Gasteiger partial charge in [-0.05, 0) is 37.3 Å². The van der Waals surface area contributed by atoms with Crippen molar-refractivity contribution in [1.82, 2.24) is 10.2 Å². The molecule has 0 saturated carbocycles. The van der Waals surface area contributed by atoms with Crippen LogP contribution in [0, 0.1) is 0 Å². The number of ether oxygens (including phenoxy) is 2. The molecule has 1 aliphatic heterocycles. The maximum atomic E-state index is 12.8. The first-order chi connectivity index (χ1) is 14.0. The summed E-state index contributed by atoms with van der Waals surface area (Å²) in [6, 6.07) is 14.5. The molecule has 1 heterocycles. The second-order valence-corrected chi connectivity index (χ2v) is 6.91. The van der Waals surface area contributed by atoms with E-state index in [1.807, 2.05) is 18.2 Å². The summed E-state index contributed by atoms with van der Waals surface area (Å²) < 4.78 is 10.4. The standard InChI is InChI=1S/C22H27N3O4/c1-16(23-21(26)17-9-10-19(28-2)20(15-17)29-3)22(27)25-13-11-24(12-14-25)18-7-5-4-6-8-18/h4-10,15-16H,11-14H2,1-3H3,(H,23,26)/t16-/m0/s1. The molecule has 29 heavy (non-hydrogen) atoms. The van der Waals surface area contributed by atoms with Gasteiger partial charge in [-0.3, -0.25) is 9.59 Å². The van der Waals surface area contributed by atoms with Gasteiger partial charge in [0.25, 0.3) is 5.91 Å². The number of piperazine rings is 1. The summed E-state index contributed by atoms with van der Waals surface area (Å²) in [4.78, 5) is 29.4. The first-order valence-electron chi connectivity index (χ1n) is 9.65. The van der Waals surface area contributed by atoms with Crippen molar-refractivity contribution >= 4 is 17.5 Å². The highest BCUT2D eigenvalue weighted by atomic mass is 16.5. The van der Waals surface area contributed by atoms with E-state index in [1.54, 1.807) is 30.0 Å². The van der Waals surface area contributed by atoms with E-state index < -0.39 is 6.04 Å². The van der Waals surface area contributed by atoms with Crippen LogP contribution in [0.2, 0.25) is 0 Å². The molecule has 1 atom stereocenters. The number of rotatable bonds is 6. The van der Waals surface area contributed by atoms with Crippen molar-refractivity contribution < 1.29 is 19.1 Å². The minimum atomic E-state index is -0.612. The predicted molar refractivity (Wildman–Crippen MR) is 112 cm³/mol. The molecule has 1 N–H and O–H groups in total. The average Bonchev–Trinajstić information content (AvgIpc) is 2.78. The fourth-order valence-corrected chi connectivity index (χ4v) is 3.42. The third-order valence-electron chi connectivity index (χ3n) is 5.08. The minimum absolute atomic E-state index is 0.0773. The van der Waals surface area contributed by atoms with Crippen molar-refractivity contribution in [3.05, 3.63) is 54.1 Å². The SMILES string of the molecule is COc1ccc(C(=O)N[C@@H](C)C(=O)N2CCN(c3ccccc3)CC2)cc1OC. The molecular weight excluding hydrogens is 370 g/mol. The Morgan fingerprint density at radius 3 is 2.21 bits per heavy atom. The largest absolute Gasteiger partial charge is 0.493 e.